The van der Waals surface area contributed by atoms with E-state index in [2.05, 4.69) is 26.8 Å². The van der Waals surface area contributed by atoms with Crippen LogP contribution in [0.3, 0.4) is 0 Å². The molecule has 31 heavy (non-hydrogen) atoms. The zero-order valence-corrected chi connectivity index (χ0v) is 18.3. The Morgan fingerprint density at radius 3 is 2.58 bits per heavy atom. The number of aromatic nitrogens is 1. The van der Waals surface area contributed by atoms with Gasteiger partial charge in [-0.2, -0.15) is 5.26 Å². The number of nitrogens with one attached hydrogen (secondary N) is 2. The van der Waals surface area contributed by atoms with E-state index in [9.17, 15) is 9.59 Å². The number of carbonyl (C=O) groups excluding carboxylic acids is 2. The second-order valence-corrected chi connectivity index (χ2v) is 9.33. The number of piperidine rings is 1. The molecule has 0 bridgehead atoms. The number of anilines is 1. The van der Waals surface area contributed by atoms with Crippen molar-refractivity contribution in [1.29, 1.82) is 5.26 Å². The molecule has 1 fully saturated rings. The van der Waals surface area contributed by atoms with E-state index in [0.717, 1.165) is 18.7 Å². The van der Waals surface area contributed by atoms with Crippen LogP contribution in [0.15, 0.2) is 24.4 Å². The number of hydrogen-bond acceptors (Lipinski definition) is 6. The lowest BCUT2D eigenvalue weighted by molar-refractivity contribution is -0.126. The van der Waals surface area contributed by atoms with Gasteiger partial charge in [0.2, 0.25) is 5.91 Å². The van der Waals surface area contributed by atoms with E-state index in [1.807, 2.05) is 12.1 Å². The molecule has 2 aromatic rings. The molecular formula is C23H27N5O2S. The van der Waals surface area contributed by atoms with Gasteiger partial charge in [-0.15, -0.1) is 11.3 Å². The first kappa shape index (κ1) is 21.3. The van der Waals surface area contributed by atoms with Crippen molar-refractivity contribution in [2.75, 3.05) is 18.0 Å². The molecule has 162 valence electrons. The summed E-state index contributed by atoms with van der Waals surface area (Å²) in [6.45, 7) is 1.42. The number of aryl methyl sites for hydroxylation is 2. The van der Waals surface area contributed by atoms with Crippen molar-refractivity contribution in [3.05, 3.63) is 45.3 Å². The molecule has 0 aromatic carbocycles. The Morgan fingerprint density at radius 1 is 1.10 bits per heavy atom. The van der Waals surface area contributed by atoms with E-state index in [1.54, 1.807) is 23.6 Å². The van der Waals surface area contributed by atoms with Gasteiger partial charge in [0.05, 0.1) is 10.4 Å². The molecule has 4 rings (SSSR count). The SMILES string of the molecule is N#Cc1ccc(N2CCC(C(=O)NNC(=O)c3cc4c(s3)CCCCCC4)CC2)nc1. The third-order valence-corrected chi connectivity index (χ3v) is 7.32. The molecule has 1 aliphatic carbocycles. The van der Waals surface area contributed by atoms with E-state index in [1.165, 1.54) is 36.1 Å². The van der Waals surface area contributed by atoms with Gasteiger partial charge in [0.15, 0.2) is 0 Å². The van der Waals surface area contributed by atoms with Gasteiger partial charge in [-0.1, -0.05) is 12.8 Å². The largest absolute Gasteiger partial charge is 0.357 e. The molecule has 0 unspecified atom stereocenters. The number of thiophene rings is 1. The highest BCUT2D eigenvalue weighted by Gasteiger charge is 2.26. The second kappa shape index (κ2) is 9.92. The lowest BCUT2D eigenvalue weighted by atomic mass is 9.96. The van der Waals surface area contributed by atoms with Gasteiger partial charge in [0, 0.05) is 30.1 Å². The predicted octanol–water partition coefficient (Wildman–Crippen LogP) is 3.35. The van der Waals surface area contributed by atoms with Crippen LogP contribution in [0.25, 0.3) is 0 Å². The zero-order valence-electron chi connectivity index (χ0n) is 17.5. The molecule has 3 heterocycles. The molecule has 7 nitrogen and oxygen atoms in total. The van der Waals surface area contributed by atoms with E-state index >= 15 is 0 Å². The summed E-state index contributed by atoms with van der Waals surface area (Å²) in [7, 11) is 0. The van der Waals surface area contributed by atoms with E-state index < -0.39 is 0 Å². The average Bonchev–Trinajstić information content (AvgIpc) is 3.19. The van der Waals surface area contributed by atoms with Crippen LogP contribution in [0.1, 0.15) is 64.2 Å². The van der Waals surface area contributed by atoms with Gasteiger partial charge >= 0.3 is 0 Å². The molecule has 0 spiro atoms. The van der Waals surface area contributed by atoms with Crippen molar-refractivity contribution < 1.29 is 9.59 Å². The molecule has 1 saturated heterocycles. The fourth-order valence-electron chi connectivity index (χ4n) is 4.25. The van der Waals surface area contributed by atoms with Crippen molar-refractivity contribution in [1.82, 2.24) is 15.8 Å². The Kier molecular flexibility index (Phi) is 6.82. The van der Waals surface area contributed by atoms with Crippen LogP contribution in [-0.2, 0) is 17.6 Å². The van der Waals surface area contributed by atoms with Crippen molar-refractivity contribution in [2.45, 2.75) is 51.4 Å². The van der Waals surface area contributed by atoms with Crippen LogP contribution in [0.2, 0.25) is 0 Å². The minimum absolute atomic E-state index is 0.140. The lowest BCUT2D eigenvalue weighted by Gasteiger charge is -2.32. The summed E-state index contributed by atoms with van der Waals surface area (Å²) in [6, 6.07) is 7.65. The number of carbonyl (C=O) groups is 2. The summed E-state index contributed by atoms with van der Waals surface area (Å²) in [4.78, 5) is 33.5. The van der Waals surface area contributed by atoms with Gasteiger partial charge in [-0.25, -0.2) is 4.98 Å². The van der Waals surface area contributed by atoms with Crippen LogP contribution in [0, 0.1) is 17.2 Å². The Balaban J connectivity index is 1.26. The number of amides is 2. The summed E-state index contributed by atoms with van der Waals surface area (Å²) >= 11 is 1.56. The standard InChI is InChI=1S/C23H27N5O2S/c24-14-16-7-8-21(25-15-16)28-11-9-17(10-12-28)22(29)26-27-23(30)20-13-18-5-3-1-2-4-6-19(18)31-20/h7-8,13,15,17H,1-6,9-12H2,(H,26,29)(H,27,30). The molecule has 2 aromatic heterocycles. The van der Waals surface area contributed by atoms with Crippen LogP contribution in [0.4, 0.5) is 5.82 Å². The Bertz CT molecular complexity index is 945. The lowest BCUT2D eigenvalue weighted by Crippen LogP contribution is -2.47. The summed E-state index contributed by atoms with van der Waals surface area (Å²) in [6.07, 6.45) is 9.91. The van der Waals surface area contributed by atoms with Gasteiger partial charge in [-0.3, -0.25) is 20.4 Å². The Hall–Kier alpha value is -2.92. The first-order valence-corrected chi connectivity index (χ1v) is 11.8. The average molecular weight is 438 g/mol. The molecule has 2 N–H and O–H groups in total. The van der Waals surface area contributed by atoms with Crippen molar-refractivity contribution in [3.8, 4) is 6.07 Å². The number of hydrazine groups is 1. The fourth-order valence-corrected chi connectivity index (χ4v) is 5.40. The molecule has 2 aliphatic rings. The summed E-state index contributed by atoms with van der Waals surface area (Å²) < 4.78 is 0. The van der Waals surface area contributed by atoms with Crippen molar-refractivity contribution in [3.63, 3.8) is 0 Å². The maximum absolute atomic E-state index is 12.6. The smallest absolute Gasteiger partial charge is 0.279 e. The number of nitriles is 1. The number of rotatable bonds is 3. The first-order chi connectivity index (χ1) is 15.1. The van der Waals surface area contributed by atoms with E-state index in [-0.39, 0.29) is 17.7 Å². The Labute approximate surface area is 186 Å². The predicted molar refractivity (Wildman–Crippen MR) is 120 cm³/mol. The first-order valence-electron chi connectivity index (χ1n) is 11.0. The van der Waals surface area contributed by atoms with Crippen LogP contribution in [0.5, 0.6) is 0 Å². The quantitative estimate of drug-likeness (QED) is 0.718. The fraction of sp³-hybridized carbons (Fsp3) is 0.478. The van der Waals surface area contributed by atoms with E-state index in [4.69, 9.17) is 5.26 Å². The summed E-state index contributed by atoms with van der Waals surface area (Å²) in [5.41, 5.74) is 7.06. The molecule has 1 aliphatic heterocycles. The zero-order chi connectivity index (χ0) is 21.6. The summed E-state index contributed by atoms with van der Waals surface area (Å²) in [5.74, 6) is 0.304. The van der Waals surface area contributed by atoms with Gasteiger partial charge in [0.25, 0.3) is 5.91 Å². The molecular weight excluding hydrogens is 410 g/mol. The highest BCUT2D eigenvalue weighted by atomic mass is 32.1. The Morgan fingerprint density at radius 2 is 1.87 bits per heavy atom. The number of pyridine rings is 1. The molecule has 0 atom stereocenters. The summed E-state index contributed by atoms with van der Waals surface area (Å²) in [5, 5.41) is 8.88. The monoisotopic (exact) mass is 437 g/mol. The molecule has 8 heteroatoms. The van der Waals surface area contributed by atoms with Gasteiger partial charge < -0.3 is 4.90 Å². The third kappa shape index (κ3) is 5.23. The van der Waals surface area contributed by atoms with Gasteiger partial charge in [-0.05, 0) is 62.3 Å². The topological polar surface area (TPSA) is 98.1 Å². The van der Waals surface area contributed by atoms with Crippen LogP contribution < -0.4 is 15.8 Å². The molecule has 0 saturated carbocycles. The van der Waals surface area contributed by atoms with Crippen LogP contribution >= 0.6 is 11.3 Å². The number of fused-ring (bicyclic) bond motifs is 1. The highest BCUT2D eigenvalue weighted by Crippen LogP contribution is 2.28. The number of hydrogen-bond donors (Lipinski definition) is 2. The highest BCUT2D eigenvalue weighted by molar-refractivity contribution is 7.14. The number of nitrogens with zero attached hydrogens (tertiary/aromatic N) is 3. The maximum Gasteiger partial charge on any atom is 0.279 e. The minimum Gasteiger partial charge on any atom is -0.357 e. The van der Waals surface area contributed by atoms with Crippen LogP contribution in [-0.4, -0.2) is 29.9 Å². The minimum atomic E-state index is -0.232. The molecule has 2 amide bonds. The van der Waals surface area contributed by atoms with Crippen molar-refractivity contribution >= 4 is 29.0 Å². The van der Waals surface area contributed by atoms with Gasteiger partial charge in [0.1, 0.15) is 11.9 Å². The third-order valence-electron chi connectivity index (χ3n) is 6.09. The maximum atomic E-state index is 12.6. The van der Waals surface area contributed by atoms with E-state index in [0.29, 0.717) is 36.4 Å². The normalized spacial score (nSPS) is 17.1. The molecule has 0 radical (unpaired) electrons. The van der Waals surface area contributed by atoms with Crippen molar-refractivity contribution in [2.24, 2.45) is 5.92 Å². The second-order valence-electron chi connectivity index (χ2n) is 8.19.